The van der Waals surface area contributed by atoms with E-state index in [-0.39, 0.29) is 0 Å². The minimum Gasteiger partial charge on any atom is -0.334 e. The Hall–Kier alpha value is -0.640. The normalized spacial score (nSPS) is 8.67. The summed E-state index contributed by atoms with van der Waals surface area (Å²) in [5.74, 6) is 0. The van der Waals surface area contributed by atoms with Crippen molar-refractivity contribution >= 4 is 12.8 Å². The number of hydrogen-bond acceptors (Lipinski definition) is 3. The smallest absolute Gasteiger partial charge is 0.193 e. The van der Waals surface area contributed by atoms with E-state index in [1.165, 1.54) is 12.5 Å². The van der Waals surface area contributed by atoms with Gasteiger partial charge in [0.25, 0.3) is 0 Å². The zero-order valence-electron chi connectivity index (χ0n) is 2.87. The molecule has 0 spiro atoms. The maximum atomic E-state index is 4.45. The van der Waals surface area contributed by atoms with Gasteiger partial charge in [0, 0.05) is 9.36 Å². The van der Waals surface area contributed by atoms with E-state index in [9.17, 15) is 0 Å². The fourth-order valence-electron chi connectivity index (χ4n) is 0.188. The Morgan fingerprint density at radius 1 is 1.83 bits per heavy atom. The summed E-state index contributed by atoms with van der Waals surface area (Å²) in [5.41, 5.74) is 0. The van der Waals surface area contributed by atoms with Crippen molar-refractivity contribution in [1.82, 2.24) is 5.10 Å². The average Bonchev–Trinajstić information content (AvgIpc) is 1.86. The van der Waals surface area contributed by atoms with E-state index in [1.807, 2.05) is 0 Å². The lowest BCUT2D eigenvalue weighted by Gasteiger charge is -1.71. The molecule has 4 heteroatoms. The Morgan fingerprint density at radius 3 is 2.83 bits per heavy atom. The molecule has 0 aliphatic carbocycles. The highest BCUT2D eigenvalue weighted by Crippen LogP contribution is 1.62. The first-order valence-corrected chi connectivity index (χ1v) is 1.76. The summed E-state index contributed by atoms with van der Waals surface area (Å²) in [4.78, 5) is 0. The van der Waals surface area contributed by atoms with Gasteiger partial charge in [-0.3, -0.25) is 0 Å². The van der Waals surface area contributed by atoms with Gasteiger partial charge in [0.05, 0.1) is 0 Å². The third kappa shape index (κ3) is 0.463. The summed E-state index contributed by atoms with van der Waals surface area (Å²) < 4.78 is 5.41. The lowest BCUT2D eigenvalue weighted by Crippen LogP contribution is -2.25. The molecular weight excluding hydrogens is 100 g/mol. The van der Waals surface area contributed by atoms with E-state index in [1.54, 1.807) is 0 Å². The van der Waals surface area contributed by atoms with Crippen LogP contribution >= 0.6 is 0 Å². The van der Waals surface area contributed by atoms with E-state index in [2.05, 4.69) is 22.4 Å². The van der Waals surface area contributed by atoms with E-state index in [0.717, 1.165) is 4.26 Å². The van der Waals surface area contributed by atoms with Crippen molar-refractivity contribution in [3.8, 4) is 0 Å². The Balaban J connectivity index is 3.05. The molecule has 1 heterocycles. The first kappa shape index (κ1) is 3.55. The van der Waals surface area contributed by atoms with Crippen LogP contribution in [0.1, 0.15) is 0 Å². The van der Waals surface area contributed by atoms with Gasteiger partial charge in [0.1, 0.15) is 6.20 Å². The fraction of sp³-hybridized carbons (Fsp3) is 0. The Labute approximate surface area is 40.1 Å². The third-order valence-corrected chi connectivity index (χ3v) is 0.553. The van der Waals surface area contributed by atoms with Gasteiger partial charge in [-0.2, -0.15) is 0 Å². The maximum Gasteiger partial charge on any atom is 0.193 e. The molecule has 0 amide bonds. The molecule has 0 radical (unpaired) electrons. The summed E-state index contributed by atoms with van der Waals surface area (Å²) >= 11 is 4.38. The summed E-state index contributed by atoms with van der Waals surface area (Å²) in [5, 5.41) is 3.48. The Bertz CT molecular complexity index is 115. The van der Waals surface area contributed by atoms with Crippen molar-refractivity contribution < 1.29 is 8.78 Å². The van der Waals surface area contributed by atoms with E-state index >= 15 is 0 Å². The van der Waals surface area contributed by atoms with Crippen molar-refractivity contribution in [2.75, 3.05) is 0 Å². The van der Waals surface area contributed by atoms with Crippen LogP contribution in [-0.2, 0) is 12.8 Å². The zero-order valence-corrected chi connectivity index (χ0v) is 3.68. The molecule has 0 saturated carbocycles. The predicted molar refractivity (Wildman–Crippen MR) is 19.5 cm³/mol. The second-order valence-corrected chi connectivity index (χ2v) is 1.06. The first-order valence-electron chi connectivity index (χ1n) is 1.39. The summed E-state index contributed by atoms with van der Waals surface area (Å²) in [6.07, 6.45) is 2.89. The number of nitrogens with zero attached hydrogens (tertiary/aromatic N) is 2. The van der Waals surface area contributed by atoms with E-state index < -0.39 is 0 Å². The van der Waals surface area contributed by atoms with Crippen molar-refractivity contribution in [2.24, 2.45) is 0 Å². The lowest BCUT2D eigenvalue weighted by molar-refractivity contribution is -0.753. The molecule has 0 N–H and O–H groups in total. The van der Waals surface area contributed by atoms with Gasteiger partial charge in [0.2, 0.25) is 0 Å². The largest absolute Gasteiger partial charge is 0.334 e. The topological polar surface area (TPSA) is 29.9 Å². The Morgan fingerprint density at radius 2 is 2.67 bits per heavy atom. The SMILES string of the molecule is [S-][n+]1ncco1. The maximum absolute atomic E-state index is 4.45. The fourth-order valence-corrected chi connectivity index (χ4v) is 0.292. The summed E-state index contributed by atoms with van der Waals surface area (Å²) in [6, 6.07) is 0. The molecule has 0 bridgehead atoms. The highest BCUT2D eigenvalue weighted by atomic mass is 32.1. The van der Waals surface area contributed by atoms with Crippen LogP contribution in [0.4, 0.5) is 0 Å². The standard InChI is InChI=1S/C2H2N2OS/c6-4-3-1-2-5-4/h1-2H. The second kappa shape index (κ2) is 1.22. The average molecular weight is 102 g/mol. The van der Waals surface area contributed by atoms with Crippen LogP contribution in [0.3, 0.4) is 0 Å². The van der Waals surface area contributed by atoms with Gasteiger partial charge in [-0.15, -0.1) is 0 Å². The van der Waals surface area contributed by atoms with E-state index in [4.69, 9.17) is 0 Å². The minimum atomic E-state index is 0.958. The van der Waals surface area contributed by atoms with Crippen LogP contribution in [0.15, 0.2) is 17.0 Å². The number of aromatic nitrogens is 2. The van der Waals surface area contributed by atoms with Gasteiger partial charge >= 0.3 is 0 Å². The summed E-state index contributed by atoms with van der Waals surface area (Å²) in [6.45, 7) is 0. The van der Waals surface area contributed by atoms with Crippen LogP contribution in [0.5, 0.6) is 0 Å². The van der Waals surface area contributed by atoms with Gasteiger partial charge in [0.15, 0.2) is 6.26 Å². The quantitative estimate of drug-likeness (QED) is 0.319. The lowest BCUT2D eigenvalue weighted by atomic mass is 11.0. The molecule has 3 nitrogen and oxygen atoms in total. The molecular formula is C2H2N2OS. The third-order valence-electron chi connectivity index (χ3n) is 0.373. The molecule has 1 rings (SSSR count). The monoisotopic (exact) mass is 102 g/mol. The van der Waals surface area contributed by atoms with Gasteiger partial charge in [-0.1, -0.05) is 0 Å². The molecule has 0 saturated heterocycles. The van der Waals surface area contributed by atoms with Crippen molar-refractivity contribution in [2.45, 2.75) is 0 Å². The second-order valence-electron chi connectivity index (χ2n) is 0.744. The van der Waals surface area contributed by atoms with Gasteiger partial charge < -0.3 is 12.8 Å². The zero-order chi connectivity index (χ0) is 4.41. The highest BCUT2D eigenvalue weighted by molar-refractivity contribution is 7.50. The molecule has 1 aromatic heterocycles. The predicted octanol–water partition coefficient (Wildman–Crippen LogP) is -0.728. The highest BCUT2D eigenvalue weighted by Gasteiger charge is 1.78. The van der Waals surface area contributed by atoms with Crippen LogP contribution in [0.25, 0.3) is 0 Å². The first-order chi connectivity index (χ1) is 2.89. The molecule has 1 aromatic rings. The molecule has 0 fully saturated rings. The molecule has 0 atom stereocenters. The number of hydrogen-bond donors (Lipinski definition) is 0. The Kier molecular flexibility index (Phi) is 0.719. The minimum absolute atomic E-state index is 0.958. The van der Waals surface area contributed by atoms with Crippen LogP contribution in [-0.4, -0.2) is 5.10 Å². The van der Waals surface area contributed by atoms with Crippen LogP contribution in [0.2, 0.25) is 0 Å². The molecule has 0 aromatic carbocycles. The number of rotatable bonds is 0. The molecule has 0 aliphatic rings. The van der Waals surface area contributed by atoms with Gasteiger partial charge in [-0.25, -0.2) is 4.52 Å². The van der Waals surface area contributed by atoms with Crippen LogP contribution in [0, 0.1) is 0 Å². The summed E-state index contributed by atoms with van der Waals surface area (Å²) in [7, 11) is 0. The molecule has 0 unspecified atom stereocenters. The van der Waals surface area contributed by atoms with Crippen molar-refractivity contribution in [3.05, 3.63) is 12.5 Å². The van der Waals surface area contributed by atoms with Crippen LogP contribution < -0.4 is 4.26 Å². The molecule has 0 aliphatic heterocycles. The van der Waals surface area contributed by atoms with Crippen molar-refractivity contribution in [1.29, 1.82) is 0 Å². The van der Waals surface area contributed by atoms with Crippen molar-refractivity contribution in [3.63, 3.8) is 0 Å². The molecule has 6 heavy (non-hydrogen) atoms. The van der Waals surface area contributed by atoms with E-state index in [0.29, 0.717) is 0 Å². The molecule has 32 valence electrons. The van der Waals surface area contributed by atoms with Gasteiger partial charge in [-0.05, 0) is 0 Å².